The predicted molar refractivity (Wildman–Crippen MR) is 75.9 cm³/mol. The molecule has 0 unspecified atom stereocenters. The third-order valence-corrected chi connectivity index (χ3v) is 2.91. The Bertz CT molecular complexity index is 852. The Hall–Kier alpha value is -2.71. The standard InChI is InChI=1S/C15H7N3O2.Li/c1-16-10-7-12-14(8-11(10)17-2)20-15(18-12)9-5-3-4-6-13(9)19;/h3-8,19H;/q;-1. The summed E-state index contributed by atoms with van der Waals surface area (Å²) in [5.74, 6) is 0.169. The van der Waals surface area contributed by atoms with Gasteiger partial charge in [0.15, 0.2) is 11.3 Å². The van der Waals surface area contributed by atoms with Crippen molar-refractivity contribution in [2.45, 2.75) is 0 Å². The minimum absolute atomic E-state index is 0. The first kappa shape index (κ1) is 14.7. The monoisotopic (exact) mass is 268 g/mol. The zero-order valence-corrected chi connectivity index (χ0v) is 11.2. The topological polar surface area (TPSA) is 59.1 Å². The SMILES string of the molecule is [C-]#[N+]c1cc2[nH+]c(-c3ccccc3[O-])oc2cc1[N+]#[C-].[Li-]. The van der Waals surface area contributed by atoms with Crippen molar-refractivity contribution in [2.24, 2.45) is 0 Å². The quantitative estimate of drug-likeness (QED) is 0.503. The fraction of sp³-hybridized carbons (Fsp3) is 0. The van der Waals surface area contributed by atoms with Gasteiger partial charge < -0.3 is 28.4 Å². The Morgan fingerprint density at radius 3 is 2.38 bits per heavy atom. The van der Waals surface area contributed by atoms with Crippen LogP contribution in [0.5, 0.6) is 5.75 Å². The number of nitrogens with one attached hydrogen (secondary N) is 1. The molecule has 0 spiro atoms. The van der Waals surface area contributed by atoms with Crippen LogP contribution in [0.15, 0.2) is 40.8 Å². The summed E-state index contributed by atoms with van der Waals surface area (Å²) in [6.07, 6.45) is 0. The second kappa shape index (κ2) is 5.73. The Morgan fingerprint density at radius 1 is 1.05 bits per heavy atom. The zero-order chi connectivity index (χ0) is 14.1. The van der Waals surface area contributed by atoms with Gasteiger partial charge in [0.05, 0.1) is 18.7 Å². The molecule has 1 aromatic heterocycles. The molecule has 6 heteroatoms. The van der Waals surface area contributed by atoms with E-state index in [1.807, 2.05) is 0 Å². The summed E-state index contributed by atoms with van der Waals surface area (Å²) in [4.78, 5) is 9.56. The molecule has 96 valence electrons. The van der Waals surface area contributed by atoms with Crippen LogP contribution in [0.2, 0.25) is 0 Å². The van der Waals surface area contributed by atoms with E-state index in [1.54, 1.807) is 24.3 Å². The number of benzene rings is 2. The van der Waals surface area contributed by atoms with Gasteiger partial charge in [-0.2, -0.15) is 4.98 Å². The van der Waals surface area contributed by atoms with E-state index in [0.717, 1.165) is 0 Å². The van der Waals surface area contributed by atoms with Gasteiger partial charge >= 0.3 is 5.89 Å². The first-order chi connectivity index (χ1) is 9.72. The number of fused-ring (bicyclic) bond motifs is 1. The van der Waals surface area contributed by atoms with Crippen molar-refractivity contribution in [3.05, 3.63) is 59.2 Å². The molecule has 0 saturated carbocycles. The van der Waals surface area contributed by atoms with Crippen LogP contribution in [0.1, 0.15) is 0 Å². The van der Waals surface area contributed by atoms with Gasteiger partial charge in [0.1, 0.15) is 0 Å². The van der Waals surface area contributed by atoms with Gasteiger partial charge in [-0.05, 0) is 12.1 Å². The van der Waals surface area contributed by atoms with E-state index >= 15 is 0 Å². The number of hydrogen-bond donors (Lipinski definition) is 0. The maximum Gasteiger partial charge on any atom is 0.379 e. The number of aromatic nitrogens is 1. The molecule has 0 aliphatic carbocycles. The summed E-state index contributed by atoms with van der Waals surface area (Å²) >= 11 is 0. The Kier molecular flexibility index (Phi) is 4.01. The van der Waals surface area contributed by atoms with Crippen LogP contribution in [0.25, 0.3) is 32.2 Å². The summed E-state index contributed by atoms with van der Waals surface area (Å²) in [7, 11) is 0. The van der Waals surface area contributed by atoms with Crippen molar-refractivity contribution < 1.29 is 14.5 Å². The maximum atomic E-state index is 11.8. The largest absolute Gasteiger partial charge is 1.00 e. The van der Waals surface area contributed by atoms with Crippen LogP contribution >= 0.6 is 0 Å². The molecule has 0 bridgehead atoms. The predicted octanol–water partition coefficient (Wildman–Crippen LogP) is 2.71. The fourth-order valence-corrected chi connectivity index (χ4v) is 1.95. The van der Waals surface area contributed by atoms with E-state index in [4.69, 9.17) is 17.6 Å². The zero-order valence-electron chi connectivity index (χ0n) is 11.2. The summed E-state index contributed by atoms with van der Waals surface area (Å²) < 4.78 is 5.58. The molecule has 0 fully saturated rings. The van der Waals surface area contributed by atoms with Crippen LogP contribution < -0.4 is 10.1 Å². The second-order valence-electron chi connectivity index (χ2n) is 4.11. The normalized spacial score (nSPS) is 9.62. The molecular weight excluding hydrogens is 261 g/mol. The van der Waals surface area contributed by atoms with Gasteiger partial charge in [0.25, 0.3) is 0 Å². The van der Waals surface area contributed by atoms with Crippen molar-refractivity contribution in [1.82, 2.24) is 0 Å². The van der Waals surface area contributed by atoms with Crippen molar-refractivity contribution in [3.63, 3.8) is 0 Å². The molecule has 0 amide bonds. The molecular formula is C15H7LiN3O2-. The van der Waals surface area contributed by atoms with Crippen LogP contribution in [-0.4, -0.2) is 18.9 Å². The minimum Gasteiger partial charge on any atom is -1.00 e. The van der Waals surface area contributed by atoms with Gasteiger partial charge in [0.2, 0.25) is 11.2 Å². The van der Waals surface area contributed by atoms with Gasteiger partial charge in [-0.25, -0.2) is 9.69 Å². The Balaban J connectivity index is 0.00000161. The average molecular weight is 268 g/mol. The maximum absolute atomic E-state index is 11.8. The van der Waals surface area contributed by atoms with E-state index in [2.05, 4.69) is 14.7 Å². The molecule has 0 aliphatic rings. The van der Waals surface area contributed by atoms with Crippen LogP contribution in [0.3, 0.4) is 0 Å². The first-order valence-electron chi connectivity index (χ1n) is 5.74. The molecule has 21 heavy (non-hydrogen) atoms. The van der Waals surface area contributed by atoms with Gasteiger partial charge in [0, 0.05) is 6.07 Å². The molecule has 5 nitrogen and oxygen atoms in total. The molecule has 1 heterocycles. The molecule has 3 aromatic rings. The van der Waals surface area contributed by atoms with Gasteiger partial charge in [-0.1, -0.05) is 23.9 Å². The number of nitrogens with zero attached hydrogens (tertiary/aromatic N) is 2. The molecule has 1 N–H and O–H groups in total. The summed E-state index contributed by atoms with van der Waals surface area (Å²) in [5, 5.41) is 11.8. The van der Waals surface area contributed by atoms with Gasteiger partial charge in [-0.15, -0.1) is 0 Å². The summed E-state index contributed by atoms with van der Waals surface area (Å²) in [5.41, 5.74) is 1.93. The summed E-state index contributed by atoms with van der Waals surface area (Å²) in [6, 6.07) is 9.56. The number of H-pyrrole nitrogens is 1. The van der Waals surface area contributed by atoms with Crippen molar-refractivity contribution in [2.75, 3.05) is 0 Å². The Labute approximate surface area is 132 Å². The molecule has 0 atom stereocenters. The molecule has 0 saturated heterocycles. The number of para-hydroxylation sites is 1. The summed E-state index contributed by atoms with van der Waals surface area (Å²) in [6.45, 7) is 14.1. The first-order valence-corrected chi connectivity index (χ1v) is 5.74. The van der Waals surface area contributed by atoms with Crippen molar-refractivity contribution in [1.29, 1.82) is 0 Å². The van der Waals surface area contributed by atoms with Crippen LogP contribution in [0.4, 0.5) is 11.4 Å². The van der Waals surface area contributed by atoms with E-state index in [-0.39, 0.29) is 36.0 Å². The fourth-order valence-electron chi connectivity index (χ4n) is 1.95. The number of oxazole rings is 1. The van der Waals surface area contributed by atoms with E-state index in [1.165, 1.54) is 12.1 Å². The minimum atomic E-state index is -0.154. The molecule has 2 aromatic carbocycles. The van der Waals surface area contributed by atoms with Gasteiger partial charge in [-0.3, -0.25) is 0 Å². The van der Waals surface area contributed by atoms with Crippen molar-refractivity contribution in [3.8, 4) is 17.2 Å². The Morgan fingerprint density at radius 2 is 1.71 bits per heavy atom. The smallest absolute Gasteiger partial charge is 0.379 e. The van der Waals surface area contributed by atoms with E-state index in [9.17, 15) is 5.11 Å². The molecule has 0 aliphatic heterocycles. The number of aromatic amines is 1. The van der Waals surface area contributed by atoms with E-state index < -0.39 is 0 Å². The number of rotatable bonds is 1. The molecule has 3 rings (SSSR count). The molecule has 2 radical (unpaired) electrons. The third kappa shape index (κ3) is 2.49. The number of hydrogen-bond acceptors (Lipinski definition) is 2. The van der Waals surface area contributed by atoms with Crippen molar-refractivity contribution >= 4 is 41.3 Å². The van der Waals surface area contributed by atoms with Crippen LogP contribution in [0, 0.1) is 13.1 Å². The van der Waals surface area contributed by atoms with E-state index in [0.29, 0.717) is 22.6 Å². The second-order valence-corrected chi connectivity index (χ2v) is 4.11. The average Bonchev–Trinajstić information content (AvgIpc) is 2.88. The third-order valence-electron chi connectivity index (χ3n) is 2.91. The van der Waals surface area contributed by atoms with Crippen LogP contribution in [-0.2, 0) is 0 Å².